The predicted molar refractivity (Wildman–Crippen MR) is 138 cm³/mol. The molecule has 0 fully saturated rings. The third kappa shape index (κ3) is 5.19. The standard InChI is InChI=1S/C24H18BrCl2N3O4/c1-2-33-21-11-15(9-17(25)22(21)34-13-14-7-8-18(26)19(27)10-14)12-28-30-23(31)16-5-3-4-6-20(16)29-24(30)32/h3-12H,2,13H2,1H3,(H,29,32). The molecule has 4 rings (SSSR count). The van der Waals surface area contributed by atoms with Gasteiger partial charge in [0.25, 0.3) is 5.56 Å². The number of fused-ring (bicyclic) bond motifs is 1. The van der Waals surface area contributed by atoms with Gasteiger partial charge in [-0.05, 0) is 70.4 Å². The number of nitrogens with zero attached hydrogens (tertiary/aromatic N) is 2. The van der Waals surface area contributed by atoms with Gasteiger partial charge in [0.2, 0.25) is 0 Å². The van der Waals surface area contributed by atoms with Crippen molar-refractivity contribution in [2.24, 2.45) is 5.10 Å². The van der Waals surface area contributed by atoms with Crippen molar-refractivity contribution >= 4 is 56.2 Å². The molecular formula is C24H18BrCl2N3O4. The molecule has 4 aromatic rings. The molecule has 1 aromatic heterocycles. The maximum atomic E-state index is 12.7. The van der Waals surface area contributed by atoms with Crippen molar-refractivity contribution in [3.8, 4) is 11.5 Å². The van der Waals surface area contributed by atoms with Gasteiger partial charge in [-0.1, -0.05) is 41.4 Å². The van der Waals surface area contributed by atoms with Crippen LogP contribution in [0, 0.1) is 0 Å². The van der Waals surface area contributed by atoms with Crippen molar-refractivity contribution in [2.45, 2.75) is 13.5 Å². The van der Waals surface area contributed by atoms with E-state index in [4.69, 9.17) is 32.7 Å². The zero-order valence-corrected chi connectivity index (χ0v) is 20.9. The number of hydrogen-bond donors (Lipinski definition) is 1. The molecule has 0 bridgehead atoms. The van der Waals surface area contributed by atoms with Gasteiger partial charge in [0.05, 0.1) is 38.2 Å². The monoisotopic (exact) mass is 561 g/mol. The van der Waals surface area contributed by atoms with Gasteiger partial charge in [-0.3, -0.25) is 4.79 Å². The normalized spacial score (nSPS) is 11.3. The molecule has 0 aliphatic carbocycles. The maximum absolute atomic E-state index is 12.7. The molecular weight excluding hydrogens is 545 g/mol. The Balaban J connectivity index is 1.64. The first-order valence-electron chi connectivity index (χ1n) is 10.2. The minimum absolute atomic E-state index is 0.241. The number of aromatic nitrogens is 2. The number of benzene rings is 3. The van der Waals surface area contributed by atoms with Crippen LogP contribution in [0.15, 0.2) is 73.8 Å². The van der Waals surface area contributed by atoms with Crippen LogP contribution in [0.2, 0.25) is 10.0 Å². The van der Waals surface area contributed by atoms with E-state index >= 15 is 0 Å². The van der Waals surface area contributed by atoms with Gasteiger partial charge in [-0.15, -0.1) is 4.68 Å². The fourth-order valence-electron chi connectivity index (χ4n) is 3.23. The largest absolute Gasteiger partial charge is 0.490 e. The van der Waals surface area contributed by atoms with Gasteiger partial charge in [0.15, 0.2) is 11.5 Å². The van der Waals surface area contributed by atoms with Crippen LogP contribution in [0.3, 0.4) is 0 Å². The summed E-state index contributed by atoms with van der Waals surface area (Å²) < 4.78 is 13.1. The molecule has 1 N–H and O–H groups in total. The first-order valence-corrected chi connectivity index (χ1v) is 11.7. The summed E-state index contributed by atoms with van der Waals surface area (Å²) in [6.45, 7) is 2.50. The lowest BCUT2D eigenvalue weighted by molar-refractivity contribution is 0.267. The minimum Gasteiger partial charge on any atom is -0.490 e. The van der Waals surface area contributed by atoms with E-state index in [0.29, 0.717) is 49.1 Å². The highest BCUT2D eigenvalue weighted by molar-refractivity contribution is 9.10. The number of para-hydroxylation sites is 1. The average Bonchev–Trinajstić information content (AvgIpc) is 2.81. The molecule has 0 unspecified atom stereocenters. The van der Waals surface area contributed by atoms with Crippen LogP contribution in [-0.4, -0.2) is 22.5 Å². The predicted octanol–water partition coefficient (Wildman–Crippen LogP) is 5.62. The quantitative estimate of drug-likeness (QED) is 0.296. The van der Waals surface area contributed by atoms with E-state index in [2.05, 4.69) is 26.0 Å². The Kier molecular flexibility index (Phi) is 7.41. The lowest BCUT2D eigenvalue weighted by Crippen LogP contribution is -2.32. The van der Waals surface area contributed by atoms with E-state index in [1.54, 1.807) is 48.5 Å². The molecule has 7 nitrogen and oxygen atoms in total. The van der Waals surface area contributed by atoms with Gasteiger partial charge >= 0.3 is 5.69 Å². The molecule has 0 radical (unpaired) electrons. The maximum Gasteiger partial charge on any atom is 0.349 e. The fourth-order valence-corrected chi connectivity index (χ4v) is 4.13. The smallest absolute Gasteiger partial charge is 0.349 e. The molecule has 1 heterocycles. The Morgan fingerprint density at radius 3 is 2.62 bits per heavy atom. The third-order valence-electron chi connectivity index (χ3n) is 4.80. The number of hydrogen-bond acceptors (Lipinski definition) is 5. The second kappa shape index (κ2) is 10.5. The van der Waals surface area contributed by atoms with Crippen LogP contribution in [0.1, 0.15) is 18.1 Å². The first kappa shape index (κ1) is 24.1. The molecule has 0 spiro atoms. The molecule has 3 aromatic carbocycles. The van der Waals surface area contributed by atoms with Gasteiger partial charge in [0, 0.05) is 0 Å². The summed E-state index contributed by atoms with van der Waals surface area (Å²) in [5.74, 6) is 0.962. The lowest BCUT2D eigenvalue weighted by Gasteiger charge is -2.15. The van der Waals surface area contributed by atoms with E-state index in [9.17, 15) is 9.59 Å². The summed E-state index contributed by atoms with van der Waals surface area (Å²) in [7, 11) is 0. The zero-order chi connectivity index (χ0) is 24.2. The molecule has 174 valence electrons. The van der Waals surface area contributed by atoms with Crippen LogP contribution in [0.25, 0.3) is 10.9 Å². The van der Waals surface area contributed by atoms with Crippen molar-refractivity contribution in [2.75, 3.05) is 6.61 Å². The van der Waals surface area contributed by atoms with E-state index in [-0.39, 0.29) is 6.61 Å². The second-order valence-electron chi connectivity index (χ2n) is 7.14. The Bertz CT molecular complexity index is 1510. The molecule has 0 aliphatic rings. The minimum atomic E-state index is -0.634. The van der Waals surface area contributed by atoms with Gasteiger partial charge in [-0.2, -0.15) is 5.10 Å². The zero-order valence-electron chi connectivity index (χ0n) is 17.8. The highest BCUT2D eigenvalue weighted by Gasteiger charge is 2.13. The van der Waals surface area contributed by atoms with Crippen LogP contribution in [0.5, 0.6) is 11.5 Å². The Morgan fingerprint density at radius 2 is 1.85 bits per heavy atom. The van der Waals surface area contributed by atoms with Gasteiger partial charge in [-0.25, -0.2) is 4.79 Å². The molecule has 34 heavy (non-hydrogen) atoms. The summed E-state index contributed by atoms with van der Waals surface area (Å²) in [4.78, 5) is 27.7. The van der Waals surface area contributed by atoms with Crippen molar-refractivity contribution < 1.29 is 9.47 Å². The van der Waals surface area contributed by atoms with Crippen molar-refractivity contribution in [1.82, 2.24) is 9.66 Å². The fraction of sp³-hybridized carbons (Fsp3) is 0.125. The summed E-state index contributed by atoms with van der Waals surface area (Å²) >= 11 is 15.6. The van der Waals surface area contributed by atoms with Crippen molar-refractivity contribution in [1.29, 1.82) is 0 Å². The molecule has 0 saturated heterocycles. The van der Waals surface area contributed by atoms with Crippen molar-refractivity contribution in [3.63, 3.8) is 0 Å². The Labute approximate surface area is 212 Å². The summed E-state index contributed by atoms with van der Waals surface area (Å²) in [6, 6.07) is 15.5. The van der Waals surface area contributed by atoms with Crippen LogP contribution in [-0.2, 0) is 6.61 Å². The van der Waals surface area contributed by atoms with E-state index in [1.807, 2.05) is 13.0 Å². The van der Waals surface area contributed by atoms with Crippen LogP contribution >= 0.6 is 39.1 Å². The molecule has 0 amide bonds. The first-order chi connectivity index (χ1) is 16.4. The molecule has 10 heteroatoms. The SMILES string of the molecule is CCOc1cc(C=Nn2c(=O)[nH]c3ccccc3c2=O)cc(Br)c1OCc1ccc(Cl)c(Cl)c1. The van der Waals surface area contributed by atoms with Gasteiger partial charge in [0.1, 0.15) is 6.61 Å². The van der Waals surface area contributed by atoms with Crippen LogP contribution < -0.4 is 20.7 Å². The van der Waals surface area contributed by atoms with Crippen LogP contribution in [0.4, 0.5) is 0 Å². The molecule has 0 atom stereocenters. The number of halogens is 3. The highest BCUT2D eigenvalue weighted by atomic mass is 79.9. The third-order valence-corrected chi connectivity index (χ3v) is 6.13. The second-order valence-corrected chi connectivity index (χ2v) is 8.81. The summed E-state index contributed by atoms with van der Waals surface area (Å²) in [6.07, 6.45) is 1.40. The molecule has 0 aliphatic heterocycles. The highest BCUT2D eigenvalue weighted by Crippen LogP contribution is 2.37. The van der Waals surface area contributed by atoms with Crippen molar-refractivity contribution in [3.05, 3.63) is 101 Å². The Morgan fingerprint density at radius 1 is 1.06 bits per heavy atom. The van der Waals surface area contributed by atoms with Gasteiger partial charge < -0.3 is 14.5 Å². The van der Waals surface area contributed by atoms with E-state index < -0.39 is 11.2 Å². The molecule has 0 saturated carbocycles. The van der Waals surface area contributed by atoms with E-state index in [0.717, 1.165) is 10.2 Å². The lowest BCUT2D eigenvalue weighted by atomic mass is 10.2. The number of nitrogens with one attached hydrogen (secondary N) is 1. The number of aromatic amines is 1. The average molecular weight is 563 g/mol. The summed E-state index contributed by atoms with van der Waals surface area (Å²) in [5.41, 5.74) is 0.738. The topological polar surface area (TPSA) is 85.7 Å². The Hall–Kier alpha value is -3.07. The number of H-pyrrole nitrogens is 1. The number of rotatable bonds is 7. The summed E-state index contributed by atoms with van der Waals surface area (Å²) in [5, 5.41) is 5.37. The number of ether oxygens (including phenoxy) is 2. The van der Waals surface area contributed by atoms with E-state index in [1.165, 1.54) is 6.21 Å².